The molecule has 37 heavy (non-hydrogen) atoms. The van der Waals surface area contributed by atoms with Crippen LogP contribution in [0.2, 0.25) is 0 Å². The number of benzene rings is 3. The number of aryl methyl sites for hydroxylation is 2. The van der Waals surface area contributed by atoms with E-state index in [2.05, 4.69) is 48.4 Å². The maximum Gasteiger partial charge on any atom is 0.301 e. The second-order valence-corrected chi connectivity index (χ2v) is 9.07. The first-order chi connectivity index (χ1) is 18.1. The van der Waals surface area contributed by atoms with Gasteiger partial charge < -0.3 is 5.11 Å². The molecule has 10 heteroatoms. The van der Waals surface area contributed by atoms with Crippen LogP contribution in [0.3, 0.4) is 0 Å². The summed E-state index contributed by atoms with van der Waals surface area (Å²) in [5, 5.41) is 35.1. The molecular weight excluding hydrogens is 468 g/mol. The highest BCUT2D eigenvalue weighted by Crippen LogP contribution is 2.36. The number of hydrogen-bond acceptors (Lipinski definition) is 8. The van der Waals surface area contributed by atoms with E-state index in [0.29, 0.717) is 22.8 Å². The van der Waals surface area contributed by atoms with E-state index in [1.54, 1.807) is 25.1 Å². The molecule has 4 aromatic rings. The first-order valence-electron chi connectivity index (χ1n) is 12.1. The van der Waals surface area contributed by atoms with Gasteiger partial charge in [0.15, 0.2) is 11.5 Å². The van der Waals surface area contributed by atoms with Crippen LogP contribution in [-0.4, -0.2) is 43.1 Å². The van der Waals surface area contributed by atoms with Crippen LogP contribution in [0.5, 0.6) is 5.75 Å². The first-order valence-corrected chi connectivity index (χ1v) is 12.1. The fourth-order valence-corrected chi connectivity index (χ4v) is 4.75. The lowest BCUT2D eigenvalue weighted by Gasteiger charge is -2.19. The van der Waals surface area contributed by atoms with Crippen molar-refractivity contribution in [1.82, 2.24) is 20.6 Å². The number of rotatable bonds is 5. The number of aromatic nitrogens is 4. The highest BCUT2D eigenvalue weighted by atomic mass is 16.3. The molecule has 0 atom stereocenters. The minimum absolute atomic E-state index is 0.00581. The normalized spacial score (nSPS) is 16.1. The Morgan fingerprint density at radius 2 is 1.81 bits per heavy atom. The second kappa shape index (κ2) is 9.30. The summed E-state index contributed by atoms with van der Waals surface area (Å²) in [5.74, 6) is 0.219. The number of anilines is 2. The van der Waals surface area contributed by atoms with Crippen molar-refractivity contribution in [3.8, 4) is 28.3 Å². The molecule has 2 aliphatic rings. The Bertz CT molecular complexity index is 1560. The third-order valence-electron chi connectivity index (χ3n) is 6.68. The van der Waals surface area contributed by atoms with E-state index in [1.165, 1.54) is 22.6 Å². The fraction of sp³-hybridized carbons (Fsp3) is 0.185. The first kappa shape index (κ1) is 22.6. The molecule has 6 rings (SSSR count). The van der Waals surface area contributed by atoms with Gasteiger partial charge in [-0.2, -0.15) is 15.2 Å². The molecule has 0 fully saturated rings. The van der Waals surface area contributed by atoms with Crippen molar-refractivity contribution in [2.75, 3.05) is 10.4 Å². The van der Waals surface area contributed by atoms with Gasteiger partial charge in [-0.3, -0.25) is 10.2 Å². The quantitative estimate of drug-likeness (QED) is 0.281. The van der Waals surface area contributed by atoms with E-state index in [4.69, 9.17) is 0 Å². The van der Waals surface area contributed by atoms with Crippen molar-refractivity contribution in [2.45, 2.75) is 32.6 Å². The van der Waals surface area contributed by atoms with Crippen molar-refractivity contribution < 1.29 is 9.90 Å². The lowest BCUT2D eigenvalue weighted by molar-refractivity contribution is -0.112. The number of aromatic hydroxyl groups is 1. The molecule has 0 radical (unpaired) electrons. The van der Waals surface area contributed by atoms with Gasteiger partial charge in [0.2, 0.25) is 0 Å². The van der Waals surface area contributed by atoms with Crippen LogP contribution in [0.1, 0.15) is 30.9 Å². The minimum atomic E-state index is -0.315. The molecule has 10 nitrogen and oxygen atoms in total. The number of hydrazone groups is 2. The van der Waals surface area contributed by atoms with Crippen molar-refractivity contribution in [3.05, 3.63) is 71.8 Å². The number of aromatic amines is 1. The van der Waals surface area contributed by atoms with Gasteiger partial charge in [-0.15, -0.1) is 5.10 Å². The molecule has 1 aromatic heterocycles. The third kappa shape index (κ3) is 4.22. The number of H-pyrrole nitrogens is 1. The maximum absolute atomic E-state index is 13.2. The molecule has 184 valence electrons. The van der Waals surface area contributed by atoms with Gasteiger partial charge in [0.05, 0.1) is 17.1 Å². The molecule has 0 bridgehead atoms. The van der Waals surface area contributed by atoms with Gasteiger partial charge in [-0.05, 0) is 84.0 Å². The van der Waals surface area contributed by atoms with Crippen LogP contribution < -0.4 is 10.4 Å². The molecule has 1 aliphatic heterocycles. The molecule has 3 aromatic carbocycles. The van der Waals surface area contributed by atoms with Crippen molar-refractivity contribution in [2.24, 2.45) is 10.2 Å². The fourth-order valence-electron chi connectivity index (χ4n) is 4.75. The Labute approximate surface area is 212 Å². The average molecular weight is 493 g/mol. The van der Waals surface area contributed by atoms with Gasteiger partial charge in [0.1, 0.15) is 5.75 Å². The molecule has 0 unspecified atom stereocenters. The minimum Gasteiger partial charge on any atom is -0.505 e. The number of carbonyl (C=O) groups excluding carboxylic acids is 1. The lowest BCUT2D eigenvalue weighted by Crippen LogP contribution is -2.28. The van der Waals surface area contributed by atoms with E-state index in [9.17, 15) is 9.90 Å². The van der Waals surface area contributed by atoms with Crippen molar-refractivity contribution in [1.29, 1.82) is 0 Å². The maximum atomic E-state index is 13.2. The summed E-state index contributed by atoms with van der Waals surface area (Å²) in [7, 11) is 0. The van der Waals surface area contributed by atoms with Crippen molar-refractivity contribution >= 4 is 28.7 Å². The Balaban J connectivity index is 1.25. The Kier molecular flexibility index (Phi) is 5.68. The molecular formula is C27H24N8O2. The predicted molar refractivity (Wildman–Crippen MR) is 141 cm³/mol. The van der Waals surface area contributed by atoms with E-state index < -0.39 is 0 Å². The van der Waals surface area contributed by atoms with Crippen LogP contribution in [0, 0.1) is 0 Å². The number of phenolic OH excluding ortho intramolecular Hbond substituents is 1. The second-order valence-electron chi connectivity index (χ2n) is 9.07. The van der Waals surface area contributed by atoms with Crippen LogP contribution in [-0.2, 0) is 17.6 Å². The topological polar surface area (TPSA) is 132 Å². The number of fused-ring (bicyclic) bond motifs is 1. The van der Waals surface area contributed by atoms with Crippen LogP contribution in [0.4, 0.5) is 11.4 Å². The SMILES string of the molecule is CC1=NN(c2ccc3c(c2)CCCC3)C(=O)/C1=N/Nc1cccc(-c2cccc(-c3nnn[nH]3)c2)c1O. The molecule has 2 heterocycles. The molecule has 0 saturated heterocycles. The standard InChI is InChI=1S/C27H24N8O2/c1-16-24(27(37)35(32-16)21-13-12-17-6-2-3-7-18(17)15-21)29-28-23-11-5-10-22(25(23)36)19-8-4-9-20(14-19)26-30-33-34-31-26/h4-5,8-15,28,36H,2-3,6-7H2,1H3,(H,30,31,33,34)/b29-24+. The van der Waals surface area contributed by atoms with Crippen LogP contribution in [0.25, 0.3) is 22.5 Å². The smallest absolute Gasteiger partial charge is 0.301 e. The Morgan fingerprint density at radius 1 is 1.00 bits per heavy atom. The summed E-state index contributed by atoms with van der Waals surface area (Å²) in [4.78, 5) is 13.2. The molecule has 1 amide bonds. The number of amides is 1. The highest BCUT2D eigenvalue weighted by Gasteiger charge is 2.31. The monoisotopic (exact) mass is 492 g/mol. The number of nitrogens with one attached hydrogen (secondary N) is 2. The molecule has 3 N–H and O–H groups in total. The zero-order valence-corrected chi connectivity index (χ0v) is 20.1. The third-order valence-corrected chi connectivity index (χ3v) is 6.68. The van der Waals surface area contributed by atoms with Gasteiger partial charge >= 0.3 is 5.91 Å². The van der Waals surface area contributed by atoms with E-state index in [0.717, 1.165) is 36.1 Å². The summed E-state index contributed by atoms with van der Waals surface area (Å²) in [5.41, 5.74) is 9.43. The number of phenols is 1. The molecule has 1 aliphatic carbocycles. The number of hydrogen-bond donors (Lipinski definition) is 3. The summed E-state index contributed by atoms with van der Waals surface area (Å²) in [6.45, 7) is 1.75. The summed E-state index contributed by atoms with van der Waals surface area (Å²) < 4.78 is 0. The lowest BCUT2D eigenvalue weighted by atomic mass is 9.91. The largest absolute Gasteiger partial charge is 0.505 e. The highest BCUT2D eigenvalue weighted by molar-refractivity contribution is 6.71. The number of tetrazole rings is 1. The van der Waals surface area contributed by atoms with Crippen LogP contribution >= 0.6 is 0 Å². The molecule has 0 saturated carbocycles. The summed E-state index contributed by atoms with van der Waals surface area (Å²) >= 11 is 0. The zero-order valence-electron chi connectivity index (χ0n) is 20.1. The van der Waals surface area contributed by atoms with E-state index >= 15 is 0 Å². The zero-order chi connectivity index (χ0) is 25.4. The van der Waals surface area contributed by atoms with Crippen molar-refractivity contribution in [3.63, 3.8) is 0 Å². The van der Waals surface area contributed by atoms with E-state index in [1.807, 2.05) is 30.3 Å². The summed E-state index contributed by atoms with van der Waals surface area (Å²) in [6, 6.07) is 18.9. The predicted octanol–water partition coefficient (Wildman–Crippen LogP) is 4.31. The Morgan fingerprint density at radius 3 is 2.65 bits per heavy atom. The van der Waals surface area contributed by atoms with Gasteiger partial charge in [0.25, 0.3) is 0 Å². The van der Waals surface area contributed by atoms with Crippen LogP contribution in [0.15, 0.2) is 70.9 Å². The van der Waals surface area contributed by atoms with Gasteiger partial charge in [-0.1, -0.05) is 36.4 Å². The Hall–Kier alpha value is -4.86. The number of carbonyl (C=O) groups is 1. The number of para-hydroxylation sites is 1. The molecule has 0 spiro atoms. The number of nitrogens with zero attached hydrogens (tertiary/aromatic N) is 6. The van der Waals surface area contributed by atoms with Gasteiger partial charge in [0, 0.05) is 11.1 Å². The van der Waals surface area contributed by atoms with E-state index in [-0.39, 0.29) is 17.4 Å². The average Bonchev–Trinajstić information content (AvgIpc) is 3.56. The van der Waals surface area contributed by atoms with Gasteiger partial charge in [-0.25, -0.2) is 5.10 Å². The summed E-state index contributed by atoms with van der Waals surface area (Å²) in [6.07, 6.45) is 4.46.